The van der Waals surface area contributed by atoms with Gasteiger partial charge in [-0.05, 0) is 44.9 Å². The fraction of sp³-hybridized carbons (Fsp3) is 0.463. The van der Waals surface area contributed by atoms with E-state index >= 15 is 8.78 Å². The first-order chi connectivity index (χ1) is 29.2. The number of aromatic nitrogens is 6. The van der Waals surface area contributed by atoms with Crippen LogP contribution in [-0.2, 0) is 21.4 Å². The fourth-order valence-electron chi connectivity index (χ4n) is 8.47. The topological polar surface area (TPSA) is 185 Å². The zero-order chi connectivity index (χ0) is 43.2. The van der Waals surface area contributed by atoms with Crippen LogP contribution in [0.4, 0.5) is 31.9 Å². The van der Waals surface area contributed by atoms with Crippen molar-refractivity contribution in [3.8, 4) is 5.75 Å². The van der Waals surface area contributed by atoms with Crippen LogP contribution in [0, 0.1) is 5.92 Å². The normalized spacial score (nSPS) is 19.7. The van der Waals surface area contributed by atoms with Gasteiger partial charge >= 0.3 is 0 Å². The number of rotatable bonds is 11. The van der Waals surface area contributed by atoms with Gasteiger partial charge in [0.05, 0.1) is 47.4 Å². The number of carbonyl (C=O) groups excluding carboxylic acids is 3. The third-order valence-electron chi connectivity index (χ3n) is 11.6. The summed E-state index contributed by atoms with van der Waals surface area (Å²) in [5, 5.41) is 14.3. The maximum atomic E-state index is 16.0. The molecule has 7 heterocycles. The SMILES string of the molecule is CNC(=O)COc1cc2cc(Nc3nc(N4CCN(CC5CCN(c6cccc7c(C8CCC(=O)NC8=O)nn(C)c67)CC5(F)F)CC4)ncc3Cl)cnc2n(C(C)C)c1=O. The van der Waals surface area contributed by atoms with Gasteiger partial charge in [-0.15, -0.1) is 0 Å². The molecule has 2 atom stereocenters. The van der Waals surface area contributed by atoms with Crippen molar-refractivity contribution >= 4 is 74.4 Å². The van der Waals surface area contributed by atoms with Crippen molar-refractivity contribution < 1.29 is 27.9 Å². The monoisotopic (exact) mass is 860 g/mol. The van der Waals surface area contributed by atoms with E-state index in [-0.39, 0.29) is 48.2 Å². The predicted octanol–water partition coefficient (Wildman–Crippen LogP) is 3.98. The van der Waals surface area contributed by atoms with Crippen molar-refractivity contribution in [2.24, 2.45) is 13.0 Å². The second-order valence-corrected chi connectivity index (χ2v) is 16.4. The molecule has 20 heteroatoms. The summed E-state index contributed by atoms with van der Waals surface area (Å²) in [6, 6.07) is 8.57. The minimum absolute atomic E-state index is 0.0153. The van der Waals surface area contributed by atoms with Crippen molar-refractivity contribution in [1.82, 2.24) is 44.8 Å². The molecule has 2 unspecified atom stereocenters. The summed E-state index contributed by atoms with van der Waals surface area (Å²) in [6.45, 7) is 5.75. The van der Waals surface area contributed by atoms with E-state index in [2.05, 4.69) is 35.9 Å². The molecule has 0 spiro atoms. The number of benzene rings is 1. The number of likely N-dealkylation sites (N-methyl/N-ethyl adjacent to an activating group) is 1. The smallest absolute Gasteiger partial charge is 0.294 e. The van der Waals surface area contributed by atoms with Crippen molar-refractivity contribution in [2.45, 2.75) is 51.0 Å². The number of carbonyl (C=O) groups is 3. The number of anilines is 4. The van der Waals surface area contributed by atoms with Crippen LogP contribution in [0.1, 0.15) is 50.8 Å². The number of pyridine rings is 2. The Labute approximate surface area is 354 Å². The molecule has 4 aromatic heterocycles. The summed E-state index contributed by atoms with van der Waals surface area (Å²) in [7, 11) is 3.23. The number of amides is 3. The Kier molecular flexibility index (Phi) is 11.5. The van der Waals surface area contributed by atoms with Crippen LogP contribution in [0.15, 0.2) is 47.5 Å². The number of nitrogens with one attached hydrogen (secondary N) is 3. The van der Waals surface area contributed by atoms with E-state index in [1.165, 1.54) is 17.8 Å². The van der Waals surface area contributed by atoms with Crippen LogP contribution in [0.25, 0.3) is 21.9 Å². The summed E-state index contributed by atoms with van der Waals surface area (Å²) in [5.41, 5.74) is 2.45. The van der Waals surface area contributed by atoms with Gasteiger partial charge in [0.1, 0.15) is 10.7 Å². The number of aryl methyl sites for hydroxylation is 1. The summed E-state index contributed by atoms with van der Waals surface area (Å²) in [4.78, 5) is 69.0. The van der Waals surface area contributed by atoms with E-state index in [1.54, 1.807) is 41.0 Å². The first-order valence-electron chi connectivity index (χ1n) is 20.3. The van der Waals surface area contributed by atoms with Gasteiger partial charge in [-0.3, -0.25) is 38.6 Å². The van der Waals surface area contributed by atoms with Crippen molar-refractivity contribution in [1.29, 1.82) is 0 Å². The highest BCUT2D eigenvalue weighted by atomic mass is 35.5. The number of alkyl halides is 2. The molecule has 1 aromatic carbocycles. The molecule has 0 radical (unpaired) electrons. The van der Waals surface area contributed by atoms with Crippen LogP contribution >= 0.6 is 11.6 Å². The quantitative estimate of drug-likeness (QED) is 0.162. The largest absolute Gasteiger partial charge is 0.478 e. The zero-order valence-electron chi connectivity index (χ0n) is 34.3. The number of ether oxygens (including phenoxy) is 1. The Morgan fingerprint density at radius 2 is 1.84 bits per heavy atom. The second-order valence-electron chi connectivity index (χ2n) is 16.0. The second kappa shape index (κ2) is 16.8. The average Bonchev–Trinajstić information content (AvgIpc) is 3.57. The minimum atomic E-state index is -2.97. The summed E-state index contributed by atoms with van der Waals surface area (Å²) < 4.78 is 40.8. The number of piperidine rings is 2. The molecule has 3 N–H and O–H groups in total. The number of hydrogen-bond donors (Lipinski definition) is 3. The fourth-order valence-corrected chi connectivity index (χ4v) is 8.61. The molecule has 17 nitrogen and oxygen atoms in total. The van der Waals surface area contributed by atoms with E-state index < -0.39 is 35.8 Å². The van der Waals surface area contributed by atoms with Gasteiger partial charge in [0.15, 0.2) is 18.2 Å². The predicted molar refractivity (Wildman–Crippen MR) is 226 cm³/mol. The molecule has 0 aliphatic carbocycles. The average molecular weight is 861 g/mol. The van der Waals surface area contributed by atoms with Gasteiger partial charge in [0.2, 0.25) is 17.8 Å². The maximum absolute atomic E-state index is 16.0. The highest BCUT2D eigenvalue weighted by Gasteiger charge is 2.46. The molecule has 3 aliphatic heterocycles. The third kappa shape index (κ3) is 8.40. The van der Waals surface area contributed by atoms with Crippen LogP contribution in [-0.4, -0.2) is 117 Å². The first-order valence-corrected chi connectivity index (χ1v) is 20.7. The lowest BCUT2D eigenvalue weighted by Gasteiger charge is -2.43. The lowest BCUT2D eigenvalue weighted by molar-refractivity contribution is -0.134. The molecular weight excluding hydrogens is 814 g/mol. The number of fused-ring (bicyclic) bond motifs is 2. The molecule has 3 aliphatic rings. The van der Waals surface area contributed by atoms with E-state index in [1.807, 2.05) is 30.9 Å². The zero-order valence-corrected chi connectivity index (χ0v) is 35.0. The van der Waals surface area contributed by atoms with Crippen LogP contribution in [0.2, 0.25) is 5.02 Å². The Hall–Kier alpha value is -5.95. The Balaban J connectivity index is 0.907. The summed E-state index contributed by atoms with van der Waals surface area (Å²) >= 11 is 6.55. The van der Waals surface area contributed by atoms with Gasteiger partial charge < -0.3 is 25.2 Å². The van der Waals surface area contributed by atoms with Crippen LogP contribution in [0.3, 0.4) is 0 Å². The van der Waals surface area contributed by atoms with Crippen LogP contribution < -0.4 is 36.0 Å². The van der Waals surface area contributed by atoms with E-state index in [0.717, 1.165) is 5.39 Å². The number of hydrogen-bond acceptors (Lipinski definition) is 13. The lowest BCUT2D eigenvalue weighted by atomic mass is 9.90. The standard InChI is InChI=1S/C41H47ClF2N12O5/c1-23(2)56-37-24(17-31(39(56)60)61-21-33(58)45-3)16-26(18-46-37)48-36-29(42)19-47-40(50-36)54-14-12-53(13-15-54)20-25-10-11-55(22-41(25,43)44)30-7-5-6-27-34(51-52(4)35(27)30)28-8-9-32(57)49-38(28)59/h5-7,16-19,23,25,28H,8-15,20-22H2,1-4H3,(H,45,58)(H,47,48,50)(H,49,57,59). The third-order valence-corrected chi connectivity index (χ3v) is 11.9. The molecule has 61 heavy (non-hydrogen) atoms. The Bertz CT molecular complexity index is 2580. The molecule has 0 saturated carbocycles. The van der Waals surface area contributed by atoms with Crippen LogP contribution in [0.5, 0.6) is 5.75 Å². The van der Waals surface area contributed by atoms with Crippen molar-refractivity contribution in [2.75, 3.05) is 74.6 Å². The van der Waals surface area contributed by atoms with Gasteiger partial charge in [-0.2, -0.15) is 10.1 Å². The van der Waals surface area contributed by atoms with Crippen molar-refractivity contribution in [3.05, 3.63) is 63.8 Å². The first kappa shape index (κ1) is 41.8. The Morgan fingerprint density at radius 3 is 2.56 bits per heavy atom. The molecule has 322 valence electrons. The number of halogens is 3. The number of imide groups is 1. The molecular formula is C41H47ClF2N12O5. The maximum Gasteiger partial charge on any atom is 0.294 e. The Morgan fingerprint density at radius 1 is 1.05 bits per heavy atom. The minimum Gasteiger partial charge on any atom is -0.478 e. The molecule has 3 saturated heterocycles. The molecule has 3 fully saturated rings. The van der Waals surface area contributed by atoms with Gasteiger partial charge in [0.25, 0.3) is 17.4 Å². The van der Waals surface area contributed by atoms with E-state index in [4.69, 9.17) is 21.3 Å². The number of nitrogens with zero attached hydrogens (tertiary/aromatic N) is 9. The summed E-state index contributed by atoms with van der Waals surface area (Å²) in [5.74, 6) is -4.68. The summed E-state index contributed by atoms with van der Waals surface area (Å²) in [6.07, 6.45) is 3.93. The molecule has 0 bridgehead atoms. The van der Waals surface area contributed by atoms with E-state index in [0.29, 0.717) is 91.0 Å². The number of piperazine rings is 1. The molecule has 5 aromatic rings. The molecule has 3 amide bonds. The van der Waals surface area contributed by atoms with Gasteiger partial charge in [0, 0.05) is 82.5 Å². The van der Waals surface area contributed by atoms with Gasteiger partial charge in [-0.1, -0.05) is 23.7 Å². The van der Waals surface area contributed by atoms with Gasteiger partial charge in [-0.25, -0.2) is 18.7 Å². The highest BCUT2D eigenvalue weighted by Crippen LogP contribution is 2.40. The molecule has 8 rings (SSSR count). The lowest BCUT2D eigenvalue weighted by Crippen LogP contribution is -2.55. The highest BCUT2D eigenvalue weighted by molar-refractivity contribution is 6.33. The van der Waals surface area contributed by atoms with E-state index in [9.17, 15) is 19.2 Å². The van der Waals surface area contributed by atoms with Crippen molar-refractivity contribution in [3.63, 3.8) is 0 Å². The number of para-hydroxylation sites is 1.